The van der Waals surface area contributed by atoms with Gasteiger partial charge in [0, 0.05) is 24.7 Å². The Balaban J connectivity index is 1.68. The Hall–Kier alpha value is -1.06. The number of rotatable bonds is 3. The van der Waals surface area contributed by atoms with Gasteiger partial charge in [-0.25, -0.2) is 0 Å². The Labute approximate surface area is 125 Å². The van der Waals surface area contributed by atoms with Gasteiger partial charge in [0.15, 0.2) is 0 Å². The molecule has 2 aliphatic carbocycles. The number of benzene rings is 1. The molecule has 2 N–H and O–H groups in total. The summed E-state index contributed by atoms with van der Waals surface area (Å²) in [6, 6.07) is 7.73. The van der Waals surface area contributed by atoms with Crippen molar-refractivity contribution in [1.29, 1.82) is 0 Å². The van der Waals surface area contributed by atoms with E-state index >= 15 is 0 Å². The molecule has 2 bridgehead atoms. The van der Waals surface area contributed by atoms with Gasteiger partial charge in [-0.1, -0.05) is 23.7 Å². The van der Waals surface area contributed by atoms with Crippen molar-refractivity contribution in [2.75, 3.05) is 7.05 Å². The number of carbonyl (C=O) groups is 1. The van der Waals surface area contributed by atoms with Crippen LogP contribution in [0.15, 0.2) is 24.3 Å². The largest absolute Gasteiger partial charge is 0.341 e. The second-order valence-electron chi connectivity index (χ2n) is 6.26. The Morgan fingerprint density at radius 2 is 2.15 bits per heavy atom. The number of nitrogens with two attached hydrogens (primary N) is 1. The predicted molar refractivity (Wildman–Crippen MR) is 80.2 cm³/mol. The molecule has 2 saturated carbocycles. The van der Waals surface area contributed by atoms with Crippen molar-refractivity contribution in [3.8, 4) is 0 Å². The van der Waals surface area contributed by atoms with Crippen LogP contribution < -0.4 is 5.73 Å². The molecule has 0 radical (unpaired) electrons. The van der Waals surface area contributed by atoms with Crippen LogP contribution >= 0.6 is 11.6 Å². The first kappa shape index (κ1) is 13.9. The molecule has 1 amide bonds. The molecule has 2 fully saturated rings. The lowest BCUT2D eigenvalue weighted by Gasteiger charge is -2.30. The average Bonchev–Trinajstić information content (AvgIpc) is 2.98. The van der Waals surface area contributed by atoms with Crippen LogP contribution in [0, 0.1) is 17.8 Å². The fraction of sp³-hybridized carbons (Fsp3) is 0.562. The van der Waals surface area contributed by atoms with Crippen LogP contribution in [0.3, 0.4) is 0 Å². The van der Waals surface area contributed by atoms with Gasteiger partial charge in [0.1, 0.15) is 0 Å². The number of amides is 1. The zero-order chi connectivity index (χ0) is 14.3. The molecular weight excluding hydrogens is 272 g/mol. The number of hydrogen-bond donors (Lipinski definition) is 1. The highest BCUT2D eigenvalue weighted by Gasteiger charge is 2.49. The van der Waals surface area contributed by atoms with Crippen LogP contribution in [0.2, 0.25) is 5.02 Å². The van der Waals surface area contributed by atoms with Gasteiger partial charge in [0.25, 0.3) is 0 Å². The van der Waals surface area contributed by atoms with Crippen molar-refractivity contribution >= 4 is 17.5 Å². The van der Waals surface area contributed by atoms with E-state index in [0.717, 1.165) is 12.0 Å². The maximum atomic E-state index is 12.6. The monoisotopic (exact) mass is 292 g/mol. The Morgan fingerprint density at radius 3 is 2.80 bits per heavy atom. The van der Waals surface area contributed by atoms with Crippen molar-refractivity contribution < 1.29 is 4.79 Å². The highest BCUT2D eigenvalue weighted by molar-refractivity contribution is 6.30. The smallest absolute Gasteiger partial charge is 0.227 e. The summed E-state index contributed by atoms with van der Waals surface area (Å²) in [5, 5.41) is 0.708. The molecule has 4 atom stereocenters. The maximum absolute atomic E-state index is 12.6. The van der Waals surface area contributed by atoms with Crippen LogP contribution in [0.4, 0.5) is 0 Å². The van der Waals surface area contributed by atoms with E-state index < -0.39 is 0 Å². The molecule has 1 aromatic carbocycles. The van der Waals surface area contributed by atoms with E-state index in [9.17, 15) is 4.79 Å². The van der Waals surface area contributed by atoms with E-state index in [1.165, 1.54) is 12.8 Å². The van der Waals surface area contributed by atoms with Gasteiger partial charge >= 0.3 is 0 Å². The van der Waals surface area contributed by atoms with Crippen molar-refractivity contribution in [3.63, 3.8) is 0 Å². The first-order chi connectivity index (χ1) is 9.56. The van der Waals surface area contributed by atoms with Gasteiger partial charge < -0.3 is 10.6 Å². The first-order valence-corrected chi connectivity index (χ1v) is 7.69. The molecule has 1 aromatic rings. The average molecular weight is 293 g/mol. The first-order valence-electron chi connectivity index (χ1n) is 7.31. The summed E-state index contributed by atoms with van der Waals surface area (Å²) in [5.41, 5.74) is 7.31. The number of hydrogen-bond acceptors (Lipinski definition) is 2. The summed E-state index contributed by atoms with van der Waals surface area (Å²) in [6.45, 7) is 0.597. The standard InChI is InChI=1S/C16H21ClN2O/c1-19(9-10-3-2-4-13(17)7-10)16(20)14-11-5-6-12(8-11)15(14)18/h2-4,7,11-12,14-15H,5-6,8-9,18H2,1H3. The van der Waals surface area contributed by atoms with E-state index in [1.807, 2.05) is 31.3 Å². The van der Waals surface area contributed by atoms with Gasteiger partial charge in [-0.2, -0.15) is 0 Å². The third-order valence-electron chi connectivity index (χ3n) is 4.95. The summed E-state index contributed by atoms with van der Waals surface area (Å²) in [4.78, 5) is 14.5. The van der Waals surface area contributed by atoms with Crippen LogP contribution in [-0.4, -0.2) is 23.9 Å². The molecule has 3 nitrogen and oxygen atoms in total. The van der Waals surface area contributed by atoms with Crippen LogP contribution in [0.25, 0.3) is 0 Å². The minimum atomic E-state index is 0.0259. The van der Waals surface area contributed by atoms with Gasteiger partial charge in [-0.3, -0.25) is 4.79 Å². The highest BCUT2D eigenvalue weighted by atomic mass is 35.5. The van der Waals surface area contributed by atoms with Gasteiger partial charge in [-0.05, 0) is 48.8 Å². The second-order valence-corrected chi connectivity index (χ2v) is 6.70. The maximum Gasteiger partial charge on any atom is 0.227 e. The molecule has 108 valence electrons. The molecule has 4 unspecified atom stereocenters. The topological polar surface area (TPSA) is 46.3 Å². The van der Waals surface area contributed by atoms with E-state index in [1.54, 1.807) is 4.90 Å². The summed E-state index contributed by atoms with van der Waals surface area (Å²) in [5.74, 6) is 1.29. The minimum absolute atomic E-state index is 0.0259. The second kappa shape index (κ2) is 5.38. The van der Waals surface area contributed by atoms with Crippen LogP contribution in [-0.2, 0) is 11.3 Å². The summed E-state index contributed by atoms with van der Waals surface area (Å²) >= 11 is 5.99. The lowest BCUT2D eigenvalue weighted by Crippen LogP contribution is -2.45. The van der Waals surface area contributed by atoms with Crippen molar-refractivity contribution in [1.82, 2.24) is 4.90 Å². The van der Waals surface area contributed by atoms with Gasteiger partial charge in [0.05, 0.1) is 5.92 Å². The SMILES string of the molecule is CN(Cc1cccc(Cl)c1)C(=O)C1C2CCC(C2)C1N. The third-order valence-corrected chi connectivity index (χ3v) is 5.19. The number of nitrogens with zero attached hydrogens (tertiary/aromatic N) is 1. The molecule has 0 heterocycles. The van der Waals surface area contributed by atoms with E-state index in [2.05, 4.69) is 0 Å². The predicted octanol–water partition coefficient (Wildman–Crippen LogP) is 2.67. The van der Waals surface area contributed by atoms with Crippen LogP contribution in [0.1, 0.15) is 24.8 Å². The number of halogens is 1. The Morgan fingerprint density at radius 1 is 1.40 bits per heavy atom. The van der Waals surface area contributed by atoms with Crippen LogP contribution in [0.5, 0.6) is 0 Å². The molecule has 0 saturated heterocycles. The molecule has 0 aliphatic heterocycles. The normalized spacial score (nSPS) is 31.6. The summed E-state index contributed by atoms with van der Waals surface area (Å²) in [6.07, 6.45) is 3.51. The summed E-state index contributed by atoms with van der Waals surface area (Å²) in [7, 11) is 1.86. The fourth-order valence-corrected chi connectivity index (χ4v) is 4.16. The Kier molecular flexibility index (Phi) is 3.74. The number of fused-ring (bicyclic) bond motifs is 2. The van der Waals surface area contributed by atoms with Crippen molar-refractivity contribution in [2.45, 2.75) is 31.8 Å². The van der Waals surface area contributed by atoms with E-state index in [-0.39, 0.29) is 17.9 Å². The molecule has 2 aliphatic rings. The molecular formula is C16H21ClN2O. The quantitative estimate of drug-likeness (QED) is 0.931. The molecule has 20 heavy (non-hydrogen) atoms. The molecule has 0 aromatic heterocycles. The van der Waals surface area contributed by atoms with Gasteiger partial charge in [0.2, 0.25) is 5.91 Å². The highest BCUT2D eigenvalue weighted by Crippen LogP contribution is 2.48. The molecule has 3 rings (SSSR count). The zero-order valence-electron chi connectivity index (χ0n) is 11.8. The number of carbonyl (C=O) groups excluding carboxylic acids is 1. The zero-order valence-corrected chi connectivity index (χ0v) is 12.5. The lowest BCUT2D eigenvalue weighted by atomic mass is 9.84. The van der Waals surface area contributed by atoms with Crippen molar-refractivity contribution in [3.05, 3.63) is 34.9 Å². The van der Waals surface area contributed by atoms with Crippen molar-refractivity contribution in [2.24, 2.45) is 23.5 Å². The molecule has 0 spiro atoms. The Bertz CT molecular complexity index is 517. The van der Waals surface area contributed by atoms with E-state index in [0.29, 0.717) is 23.4 Å². The molecule has 4 heteroatoms. The van der Waals surface area contributed by atoms with E-state index in [4.69, 9.17) is 17.3 Å². The lowest BCUT2D eigenvalue weighted by molar-refractivity contribution is -0.137. The third kappa shape index (κ3) is 2.45. The summed E-state index contributed by atoms with van der Waals surface area (Å²) < 4.78 is 0. The van der Waals surface area contributed by atoms with Gasteiger partial charge in [-0.15, -0.1) is 0 Å². The fourth-order valence-electron chi connectivity index (χ4n) is 3.94. The minimum Gasteiger partial charge on any atom is -0.341 e.